The highest BCUT2D eigenvalue weighted by molar-refractivity contribution is 6.18. The number of benzene rings is 1. The molecule has 0 saturated carbocycles. The number of alkyl halides is 1. The number of nitrogens with zero attached hydrogens (tertiary/aromatic N) is 2. The van der Waals surface area contributed by atoms with Gasteiger partial charge in [-0.3, -0.25) is 0 Å². The van der Waals surface area contributed by atoms with E-state index in [-0.39, 0.29) is 0 Å². The topological polar surface area (TPSA) is 53.9 Å². The number of allylic oxidation sites excluding steroid dienone is 3. The Labute approximate surface area is 165 Å². The van der Waals surface area contributed by atoms with Gasteiger partial charge in [0, 0.05) is 43.0 Å². The maximum absolute atomic E-state index is 12.2. The molecule has 0 radical (unpaired) electrons. The fraction of sp³-hybridized carbons (Fsp3) is 0.333. The molecule has 1 aliphatic carbocycles. The Morgan fingerprint density at radius 2 is 2.04 bits per heavy atom. The summed E-state index contributed by atoms with van der Waals surface area (Å²) in [5, 5.41) is 3.31. The average Bonchev–Trinajstić information content (AvgIpc) is 3.04. The van der Waals surface area contributed by atoms with Crippen molar-refractivity contribution in [3.8, 4) is 0 Å². The summed E-state index contributed by atoms with van der Waals surface area (Å²) in [6.07, 6.45) is 7.45. The lowest BCUT2D eigenvalue weighted by Gasteiger charge is -2.17. The smallest absolute Gasteiger partial charge is 0.363 e. The van der Waals surface area contributed by atoms with Crippen LogP contribution in [0.2, 0.25) is 0 Å². The van der Waals surface area contributed by atoms with Gasteiger partial charge in [0.1, 0.15) is 0 Å². The number of halogens is 1. The number of esters is 1. The Morgan fingerprint density at radius 3 is 2.67 bits per heavy atom. The quantitative estimate of drug-likeness (QED) is 0.439. The third-order valence-electron chi connectivity index (χ3n) is 4.51. The number of hydrogen-bond acceptors (Lipinski definition) is 5. The van der Waals surface area contributed by atoms with E-state index in [0.717, 1.165) is 42.8 Å². The van der Waals surface area contributed by atoms with Gasteiger partial charge in [0.2, 0.25) is 5.90 Å². The minimum atomic E-state index is -0.407. The molecule has 3 rings (SSSR count). The molecule has 1 N–H and O–H groups in total. The van der Waals surface area contributed by atoms with Crippen LogP contribution in [0.3, 0.4) is 0 Å². The average molecular weight is 386 g/mol. The first-order valence-corrected chi connectivity index (χ1v) is 9.68. The summed E-state index contributed by atoms with van der Waals surface area (Å²) in [6.45, 7) is 3.75. The Balaban J connectivity index is 1.74. The van der Waals surface area contributed by atoms with Crippen LogP contribution in [0.25, 0.3) is 6.08 Å². The van der Waals surface area contributed by atoms with Crippen LogP contribution in [0.15, 0.2) is 58.4 Å². The summed E-state index contributed by atoms with van der Waals surface area (Å²) in [6, 6.07) is 7.92. The maximum Gasteiger partial charge on any atom is 0.363 e. The first-order valence-electron chi connectivity index (χ1n) is 9.14. The van der Waals surface area contributed by atoms with Crippen LogP contribution < -0.4 is 10.2 Å². The van der Waals surface area contributed by atoms with Crippen molar-refractivity contribution >= 4 is 35.2 Å². The molecular weight excluding hydrogens is 362 g/mol. The van der Waals surface area contributed by atoms with E-state index in [1.54, 1.807) is 6.08 Å². The normalized spacial score (nSPS) is 18.0. The number of carbonyl (C=O) groups is 1. The third kappa shape index (κ3) is 4.80. The standard InChI is InChI=1S/C21H24ClN3O2/c1-3-23-17-8-6-16(7-9-17)20-24-19(21(26)27-20)14-15-4-10-18(11-5-15)25(2)13-12-22/h4-6,8,10-11,14,23H,3,7,9,12-13H2,1-2H3/b19-14+. The number of nitrogens with one attached hydrogen (secondary N) is 1. The van der Waals surface area contributed by atoms with E-state index in [1.807, 2.05) is 43.5 Å². The minimum absolute atomic E-state index is 0.328. The molecule has 0 amide bonds. The molecule has 2 aliphatic rings. The molecule has 1 aliphatic heterocycles. The van der Waals surface area contributed by atoms with Crippen LogP contribution in [0.5, 0.6) is 0 Å². The lowest BCUT2D eigenvalue weighted by molar-refractivity contribution is -0.129. The summed E-state index contributed by atoms with van der Waals surface area (Å²) < 4.78 is 5.38. The molecule has 0 atom stereocenters. The molecule has 6 heteroatoms. The zero-order chi connectivity index (χ0) is 19.2. The van der Waals surface area contributed by atoms with Gasteiger partial charge in [0.05, 0.1) is 0 Å². The highest BCUT2D eigenvalue weighted by atomic mass is 35.5. The van der Waals surface area contributed by atoms with Gasteiger partial charge in [-0.25, -0.2) is 9.79 Å². The van der Waals surface area contributed by atoms with Gasteiger partial charge < -0.3 is 15.0 Å². The number of aliphatic imine (C=N–C) groups is 1. The second-order valence-corrected chi connectivity index (χ2v) is 6.83. The van der Waals surface area contributed by atoms with Crippen LogP contribution in [0.4, 0.5) is 5.69 Å². The maximum atomic E-state index is 12.2. The molecule has 27 heavy (non-hydrogen) atoms. The fourth-order valence-corrected chi connectivity index (χ4v) is 3.23. The SMILES string of the molecule is CCNC1=CC=C(C2=N/C(=C/c3ccc(N(C)CCCl)cc3)C(=O)O2)CC1. The highest BCUT2D eigenvalue weighted by Gasteiger charge is 2.26. The molecule has 0 saturated heterocycles. The van der Waals surface area contributed by atoms with Crippen molar-refractivity contribution in [3.63, 3.8) is 0 Å². The summed E-state index contributed by atoms with van der Waals surface area (Å²) in [7, 11) is 1.99. The number of hydrogen-bond donors (Lipinski definition) is 1. The molecule has 142 valence electrons. The van der Waals surface area contributed by atoms with E-state index in [2.05, 4.69) is 22.1 Å². The summed E-state index contributed by atoms with van der Waals surface area (Å²) in [4.78, 5) is 18.7. The van der Waals surface area contributed by atoms with Gasteiger partial charge in [0.25, 0.3) is 0 Å². The first-order chi connectivity index (χ1) is 13.1. The van der Waals surface area contributed by atoms with Crippen LogP contribution in [0.1, 0.15) is 25.3 Å². The van der Waals surface area contributed by atoms with E-state index >= 15 is 0 Å². The second-order valence-electron chi connectivity index (χ2n) is 6.45. The van der Waals surface area contributed by atoms with Crippen LogP contribution in [0, 0.1) is 0 Å². The van der Waals surface area contributed by atoms with Crippen molar-refractivity contribution in [3.05, 3.63) is 58.9 Å². The van der Waals surface area contributed by atoms with Crippen molar-refractivity contribution in [1.82, 2.24) is 5.32 Å². The van der Waals surface area contributed by atoms with Crippen LogP contribution in [-0.4, -0.2) is 37.9 Å². The predicted molar refractivity (Wildman–Crippen MR) is 111 cm³/mol. The van der Waals surface area contributed by atoms with E-state index in [9.17, 15) is 4.79 Å². The van der Waals surface area contributed by atoms with Gasteiger partial charge >= 0.3 is 5.97 Å². The molecule has 1 heterocycles. The molecule has 1 aromatic rings. The zero-order valence-electron chi connectivity index (χ0n) is 15.7. The Morgan fingerprint density at radius 1 is 1.26 bits per heavy atom. The Hall–Kier alpha value is -2.53. The molecule has 0 fully saturated rings. The van der Waals surface area contributed by atoms with Gasteiger partial charge in [-0.2, -0.15) is 0 Å². The molecular formula is C21H24ClN3O2. The number of cyclic esters (lactones) is 1. The summed E-state index contributed by atoms with van der Waals surface area (Å²) in [5.41, 5.74) is 4.45. The van der Waals surface area contributed by atoms with Gasteiger partial charge in [-0.05, 0) is 49.6 Å². The van der Waals surface area contributed by atoms with Crippen molar-refractivity contribution < 1.29 is 9.53 Å². The van der Waals surface area contributed by atoms with Gasteiger partial charge in [0.15, 0.2) is 5.70 Å². The number of rotatable bonds is 7. The molecule has 5 nitrogen and oxygen atoms in total. The Bertz CT molecular complexity index is 822. The predicted octanol–water partition coefficient (Wildman–Crippen LogP) is 3.87. The summed E-state index contributed by atoms with van der Waals surface area (Å²) in [5.74, 6) is 0.583. The lowest BCUT2D eigenvalue weighted by Crippen LogP contribution is -2.19. The van der Waals surface area contributed by atoms with Crippen molar-refractivity contribution in [2.45, 2.75) is 19.8 Å². The Kier molecular flexibility index (Phi) is 6.35. The van der Waals surface area contributed by atoms with Gasteiger partial charge in [-0.1, -0.05) is 18.2 Å². The van der Waals surface area contributed by atoms with E-state index in [1.165, 1.54) is 5.70 Å². The highest BCUT2D eigenvalue weighted by Crippen LogP contribution is 2.25. The molecule has 0 bridgehead atoms. The van der Waals surface area contributed by atoms with Crippen LogP contribution in [-0.2, 0) is 9.53 Å². The lowest BCUT2D eigenvalue weighted by atomic mass is 10.0. The number of ether oxygens (including phenoxy) is 1. The monoisotopic (exact) mass is 385 g/mol. The summed E-state index contributed by atoms with van der Waals surface area (Å²) >= 11 is 5.78. The van der Waals surface area contributed by atoms with E-state index in [4.69, 9.17) is 16.3 Å². The second kappa shape index (κ2) is 8.91. The largest absolute Gasteiger partial charge is 0.402 e. The fourth-order valence-electron chi connectivity index (χ4n) is 2.98. The zero-order valence-corrected chi connectivity index (χ0v) is 16.4. The minimum Gasteiger partial charge on any atom is -0.402 e. The molecule has 0 unspecified atom stereocenters. The third-order valence-corrected chi connectivity index (χ3v) is 4.67. The number of anilines is 1. The van der Waals surface area contributed by atoms with Gasteiger partial charge in [-0.15, -0.1) is 11.6 Å². The number of carbonyl (C=O) groups excluding carboxylic acids is 1. The van der Waals surface area contributed by atoms with Crippen molar-refractivity contribution in [2.24, 2.45) is 4.99 Å². The first kappa shape index (κ1) is 19.2. The molecule has 0 aromatic heterocycles. The molecule has 0 spiro atoms. The van der Waals surface area contributed by atoms with E-state index < -0.39 is 5.97 Å². The molecule has 1 aromatic carbocycles. The van der Waals surface area contributed by atoms with Crippen molar-refractivity contribution in [1.29, 1.82) is 0 Å². The van der Waals surface area contributed by atoms with E-state index in [0.29, 0.717) is 17.5 Å². The van der Waals surface area contributed by atoms with Crippen molar-refractivity contribution in [2.75, 3.05) is 30.9 Å². The van der Waals surface area contributed by atoms with Crippen LogP contribution >= 0.6 is 11.6 Å².